The van der Waals surface area contributed by atoms with Crippen molar-refractivity contribution in [2.24, 2.45) is 0 Å². The molecule has 2 unspecified atom stereocenters. The molecule has 0 saturated carbocycles. The molecule has 0 aliphatic heterocycles. The molecule has 0 aromatic heterocycles. The molecular weight excluding hydrogens is 179 g/mol. The Bertz CT molecular complexity index is 262. The maximum Gasteiger partial charge on any atom is 0.123 e. The minimum Gasteiger partial charge on any atom is -0.387 e. The van der Waals surface area contributed by atoms with Gasteiger partial charge in [-0.25, -0.2) is 4.39 Å². The van der Waals surface area contributed by atoms with Crippen molar-refractivity contribution in [3.63, 3.8) is 0 Å². The molecular formula is C9H10ClFO. The maximum absolute atomic E-state index is 12.6. The van der Waals surface area contributed by atoms with Gasteiger partial charge in [0.25, 0.3) is 0 Å². The van der Waals surface area contributed by atoms with E-state index in [4.69, 9.17) is 11.6 Å². The first kappa shape index (κ1) is 9.49. The second-order valence-electron chi connectivity index (χ2n) is 2.68. The van der Waals surface area contributed by atoms with Crippen molar-refractivity contribution >= 4 is 11.6 Å². The van der Waals surface area contributed by atoms with Gasteiger partial charge in [-0.3, -0.25) is 0 Å². The van der Waals surface area contributed by atoms with Crippen LogP contribution < -0.4 is 0 Å². The SMILES string of the molecule is CC(Cl)C(O)c1cccc(F)c1. The summed E-state index contributed by atoms with van der Waals surface area (Å²) < 4.78 is 12.6. The van der Waals surface area contributed by atoms with E-state index in [1.807, 2.05) is 0 Å². The summed E-state index contributed by atoms with van der Waals surface area (Å²) >= 11 is 5.64. The Hall–Kier alpha value is -0.600. The third-order valence-electron chi connectivity index (χ3n) is 1.63. The summed E-state index contributed by atoms with van der Waals surface area (Å²) in [5.41, 5.74) is 0.512. The van der Waals surface area contributed by atoms with Crippen molar-refractivity contribution in [1.29, 1.82) is 0 Å². The molecule has 2 atom stereocenters. The summed E-state index contributed by atoms with van der Waals surface area (Å²) in [6.07, 6.45) is -0.803. The summed E-state index contributed by atoms with van der Waals surface area (Å²) in [4.78, 5) is 0. The van der Waals surface area contributed by atoms with Gasteiger partial charge in [-0.05, 0) is 24.6 Å². The molecule has 0 bridgehead atoms. The maximum atomic E-state index is 12.6. The van der Waals surface area contributed by atoms with Crippen molar-refractivity contribution in [1.82, 2.24) is 0 Å². The van der Waals surface area contributed by atoms with Crippen LogP contribution in [0.1, 0.15) is 18.6 Å². The van der Waals surface area contributed by atoms with Crippen molar-refractivity contribution < 1.29 is 9.50 Å². The molecule has 0 saturated heterocycles. The largest absolute Gasteiger partial charge is 0.387 e. The normalized spacial score (nSPS) is 15.7. The number of alkyl halides is 1. The van der Waals surface area contributed by atoms with Gasteiger partial charge < -0.3 is 5.11 Å². The van der Waals surface area contributed by atoms with Crippen LogP contribution in [-0.4, -0.2) is 10.5 Å². The fraction of sp³-hybridized carbons (Fsp3) is 0.333. The van der Waals surface area contributed by atoms with Gasteiger partial charge >= 0.3 is 0 Å². The Kier molecular flexibility index (Phi) is 3.06. The zero-order chi connectivity index (χ0) is 9.14. The smallest absolute Gasteiger partial charge is 0.123 e. The summed E-state index contributed by atoms with van der Waals surface area (Å²) in [6.45, 7) is 1.66. The second kappa shape index (κ2) is 3.87. The molecule has 1 N–H and O–H groups in total. The van der Waals surface area contributed by atoms with Gasteiger partial charge in [0.05, 0.1) is 11.5 Å². The van der Waals surface area contributed by atoms with Crippen LogP contribution in [0.15, 0.2) is 24.3 Å². The van der Waals surface area contributed by atoms with E-state index in [2.05, 4.69) is 0 Å². The van der Waals surface area contributed by atoms with E-state index in [1.54, 1.807) is 19.1 Å². The lowest BCUT2D eigenvalue weighted by Crippen LogP contribution is -2.08. The lowest BCUT2D eigenvalue weighted by atomic mass is 10.1. The van der Waals surface area contributed by atoms with Crippen LogP contribution in [0.3, 0.4) is 0 Å². The number of aliphatic hydroxyl groups is 1. The highest BCUT2D eigenvalue weighted by Crippen LogP contribution is 2.20. The Morgan fingerprint density at radius 2 is 2.17 bits per heavy atom. The molecule has 1 aromatic rings. The van der Waals surface area contributed by atoms with E-state index in [1.165, 1.54) is 12.1 Å². The highest BCUT2D eigenvalue weighted by Gasteiger charge is 2.13. The van der Waals surface area contributed by atoms with Crippen LogP contribution in [0.4, 0.5) is 4.39 Å². The van der Waals surface area contributed by atoms with Gasteiger partial charge in [0.1, 0.15) is 5.82 Å². The van der Waals surface area contributed by atoms with Crippen LogP contribution in [-0.2, 0) is 0 Å². The fourth-order valence-electron chi connectivity index (χ4n) is 0.956. The molecule has 0 fully saturated rings. The molecule has 0 radical (unpaired) electrons. The molecule has 12 heavy (non-hydrogen) atoms. The van der Waals surface area contributed by atoms with Gasteiger partial charge in [-0.2, -0.15) is 0 Å². The number of aliphatic hydroxyl groups excluding tert-OH is 1. The number of hydrogen-bond donors (Lipinski definition) is 1. The van der Waals surface area contributed by atoms with E-state index >= 15 is 0 Å². The Labute approximate surface area is 75.8 Å². The molecule has 3 heteroatoms. The number of hydrogen-bond acceptors (Lipinski definition) is 1. The van der Waals surface area contributed by atoms with Crippen molar-refractivity contribution in [2.75, 3.05) is 0 Å². The zero-order valence-corrected chi connectivity index (χ0v) is 7.42. The molecule has 1 rings (SSSR count). The van der Waals surface area contributed by atoms with E-state index in [9.17, 15) is 9.50 Å². The molecule has 0 amide bonds. The lowest BCUT2D eigenvalue weighted by Gasteiger charge is -2.12. The zero-order valence-electron chi connectivity index (χ0n) is 6.67. The molecule has 0 spiro atoms. The first-order chi connectivity index (χ1) is 5.61. The summed E-state index contributed by atoms with van der Waals surface area (Å²) in [5, 5.41) is 9.01. The summed E-state index contributed by atoms with van der Waals surface area (Å²) in [6, 6.07) is 5.80. The predicted octanol–water partition coefficient (Wildman–Crippen LogP) is 2.49. The minimum absolute atomic E-state index is 0.358. The van der Waals surface area contributed by atoms with Gasteiger partial charge in [-0.15, -0.1) is 11.6 Å². The van der Waals surface area contributed by atoms with E-state index in [-0.39, 0.29) is 5.82 Å². The molecule has 0 aliphatic rings. The highest BCUT2D eigenvalue weighted by atomic mass is 35.5. The lowest BCUT2D eigenvalue weighted by molar-refractivity contribution is 0.177. The highest BCUT2D eigenvalue weighted by molar-refractivity contribution is 6.20. The number of rotatable bonds is 2. The van der Waals surface area contributed by atoms with Crippen LogP contribution >= 0.6 is 11.6 Å². The van der Waals surface area contributed by atoms with Crippen molar-refractivity contribution in [2.45, 2.75) is 18.4 Å². The minimum atomic E-state index is -0.803. The number of benzene rings is 1. The van der Waals surface area contributed by atoms with Gasteiger partial charge in [0.2, 0.25) is 0 Å². The quantitative estimate of drug-likeness (QED) is 0.707. The monoisotopic (exact) mass is 188 g/mol. The Morgan fingerprint density at radius 1 is 1.50 bits per heavy atom. The topological polar surface area (TPSA) is 20.2 Å². The fourth-order valence-corrected chi connectivity index (χ4v) is 1.10. The molecule has 1 aromatic carbocycles. The molecule has 1 nitrogen and oxygen atoms in total. The van der Waals surface area contributed by atoms with Crippen molar-refractivity contribution in [3.8, 4) is 0 Å². The van der Waals surface area contributed by atoms with E-state index in [0.717, 1.165) is 0 Å². The Morgan fingerprint density at radius 3 is 2.67 bits per heavy atom. The van der Waals surface area contributed by atoms with Crippen LogP contribution in [0.25, 0.3) is 0 Å². The average Bonchev–Trinajstić information content (AvgIpc) is 2.03. The molecule has 0 heterocycles. The third-order valence-corrected chi connectivity index (χ3v) is 1.86. The first-order valence-corrected chi connectivity index (χ1v) is 4.12. The standard InChI is InChI=1S/C9H10ClFO/c1-6(10)9(12)7-3-2-4-8(11)5-7/h2-6,9,12H,1H3. The summed E-state index contributed by atoms with van der Waals surface area (Å²) in [5.74, 6) is -0.358. The Balaban J connectivity index is 2.88. The van der Waals surface area contributed by atoms with Crippen LogP contribution in [0, 0.1) is 5.82 Å². The summed E-state index contributed by atoms with van der Waals surface area (Å²) in [7, 11) is 0. The van der Waals surface area contributed by atoms with Gasteiger partial charge in [-0.1, -0.05) is 12.1 Å². The van der Waals surface area contributed by atoms with E-state index < -0.39 is 11.5 Å². The average molecular weight is 189 g/mol. The first-order valence-electron chi connectivity index (χ1n) is 3.69. The molecule has 0 aliphatic carbocycles. The predicted molar refractivity (Wildman–Crippen MR) is 46.7 cm³/mol. The molecule has 66 valence electrons. The van der Waals surface area contributed by atoms with Crippen molar-refractivity contribution in [3.05, 3.63) is 35.6 Å². The van der Waals surface area contributed by atoms with Crippen LogP contribution in [0.2, 0.25) is 0 Å². The third kappa shape index (κ3) is 2.19. The number of halogens is 2. The van der Waals surface area contributed by atoms with Crippen LogP contribution in [0.5, 0.6) is 0 Å². The van der Waals surface area contributed by atoms with Gasteiger partial charge in [0, 0.05) is 0 Å². The second-order valence-corrected chi connectivity index (χ2v) is 3.37. The van der Waals surface area contributed by atoms with Gasteiger partial charge in [0.15, 0.2) is 0 Å². The van der Waals surface area contributed by atoms with E-state index in [0.29, 0.717) is 5.56 Å².